The highest BCUT2D eigenvalue weighted by Gasteiger charge is 2.44. The van der Waals surface area contributed by atoms with Crippen LogP contribution in [0.25, 0.3) is 0 Å². The van der Waals surface area contributed by atoms with Crippen molar-refractivity contribution in [1.29, 1.82) is 0 Å². The maximum absolute atomic E-state index is 12.0. The number of nitrogens with two attached hydrogens (primary N) is 1. The van der Waals surface area contributed by atoms with Gasteiger partial charge in [0.15, 0.2) is 0 Å². The van der Waals surface area contributed by atoms with Crippen LogP contribution in [0.4, 0.5) is 16.2 Å². The largest absolute Gasteiger partial charge is 0.399 e. The third-order valence-corrected chi connectivity index (χ3v) is 2.57. The molecule has 92 valence electrons. The smallest absolute Gasteiger partial charge is 0.334 e. The SMILES string of the molecule is C#CCN1C(=O)C(O)N(c2cccc(N)c2)C1=O. The standard InChI is InChI=1S/C12H11N3O3/c1-2-6-14-10(16)11(17)15(12(14)18)9-5-3-4-8(13)7-9/h1,3-5,7,11,17H,6,13H2. The van der Waals surface area contributed by atoms with Crippen LogP contribution >= 0.6 is 0 Å². The van der Waals surface area contributed by atoms with E-state index in [9.17, 15) is 14.7 Å². The van der Waals surface area contributed by atoms with Gasteiger partial charge < -0.3 is 10.8 Å². The van der Waals surface area contributed by atoms with E-state index in [-0.39, 0.29) is 6.54 Å². The Bertz CT molecular complexity index is 550. The van der Waals surface area contributed by atoms with Crippen molar-refractivity contribution in [1.82, 2.24) is 4.90 Å². The number of carbonyl (C=O) groups is 2. The van der Waals surface area contributed by atoms with Crippen molar-refractivity contribution < 1.29 is 14.7 Å². The molecule has 1 aromatic carbocycles. The minimum atomic E-state index is -1.56. The first-order valence-electron chi connectivity index (χ1n) is 5.18. The van der Waals surface area contributed by atoms with E-state index in [2.05, 4.69) is 5.92 Å². The number of aliphatic hydroxyl groups is 1. The lowest BCUT2D eigenvalue weighted by Gasteiger charge is -2.18. The van der Waals surface area contributed by atoms with Gasteiger partial charge in [0, 0.05) is 5.69 Å². The van der Waals surface area contributed by atoms with Crippen LogP contribution in [-0.2, 0) is 4.79 Å². The van der Waals surface area contributed by atoms with Gasteiger partial charge in [-0.05, 0) is 18.2 Å². The van der Waals surface area contributed by atoms with Crippen LogP contribution in [0.2, 0.25) is 0 Å². The average Bonchev–Trinajstić information content (AvgIpc) is 2.54. The zero-order valence-corrected chi connectivity index (χ0v) is 9.41. The molecule has 1 saturated heterocycles. The number of anilines is 2. The molecule has 0 radical (unpaired) electrons. The second kappa shape index (κ2) is 4.39. The van der Waals surface area contributed by atoms with E-state index in [0.29, 0.717) is 11.4 Å². The normalized spacial score (nSPS) is 19.2. The molecule has 0 spiro atoms. The van der Waals surface area contributed by atoms with Gasteiger partial charge in [0.05, 0.1) is 12.2 Å². The molecule has 6 heteroatoms. The molecule has 0 bridgehead atoms. The molecule has 2 rings (SSSR count). The molecular formula is C12H11N3O3. The Hall–Kier alpha value is -2.52. The van der Waals surface area contributed by atoms with E-state index >= 15 is 0 Å². The molecule has 1 aliphatic heterocycles. The maximum Gasteiger partial charge on any atom is 0.334 e. The monoisotopic (exact) mass is 245 g/mol. The molecule has 0 saturated carbocycles. The number of hydrogen-bond donors (Lipinski definition) is 2. The van der Waals surface area contributed by atoms with Gasteiger partial charge in [0.2, 0.25) is 6.23 Å². The summed E-state index contributed by atoms with van der Waals surface area (Å²) in [7, 11) is 0. The minimum absolute atomic E-state index is 0.173. The fourth-order valence-corrected chi connectivity index (χ4v) is 1.74. The molecule has 1 atom stereocenters. The van der Waals surface area contributed by atoms with E-state index in [1.165, 1.54) is 6.07 Å². The molecule has 1 aliphatic rings. The first-order valence-corrected chi connectivity index (χ1v) is 5.18. The summed E-state index contributed by atoms with van der Waals surface area (Å²) in [4.78, 5) is 25.4. The summed E-state index contributed by atoms with van der Waals surface area (Å²) in [6.07, 6.45) is 3.51. The van der Waals surface area contributed by atoms with E-state index in [0.717, 1.165) is 9.80 Å². The van der Waals surface area contributed by atoms with Crippen LogP contribution in [0.5, 0.6) is 0 Å². The molecule has 1 aromatic rings. The second-order valence-corrected chi connectivity index (χ2v) is 3.75. The quantitative estimate of drug-likeness (QED) is 0.436. The van der Waals surface area contributed by atoms with Gasteiger partial charge in [-0.3, -0.25) is 9.69 Å². The Morgan fingerprint density at radius 3 is 2.78 bits per heavy atom. The summed E-state index contributed by atoms with van der Waals surface area (Å²) in [5.41, 5.74) is 6.37. The van der Waals surface area contributed by atoms with Gasteiger partial charge >= 0.3 is 6.03 Å². The van der Waals surface area contributed by atoms with Crippen molar-refractivity contribution in [3.8, 4) is 12.3 Å². The summed E-state index contributed by atoms with van der Waals surface area (Å²) in [6, 6.07) is 5.67. The molecule has 1 unspecified atom stereocenters. The third-order valence-electron chi connectivity index (χ3n) is 2.57. The number of amides is 3. The number of aliphatic hydroxyl groups excluding tert-OH is 1. The summed E-state index contributed by atoms with van der Waals surface area (Å²) in [5, 5.41) is 9.77. The van der Waals surface area contributed by atoms with Gasteiger partial charge in [0.1, 0.15) is 0 Å². The number of nitrogens with zero attached hydrogens (tertiary/aromatic N) is 2. The maximum atomic E-state index is 12.0. The van der Waals surface area contributed by atoms with Crippen LogP contribution in [0.15, 0.2) is 24.3 Å². The van der Waals surface area contributed by atoms with Crippen molar-refractivity contribution in [3.05, 3.63) is 24.3 Å². The number of urea groups is 1. The number of terminal acetylenes is 1. The lowest BCUT2D eigenvalue weighted by Crippen LogP contribution is -2.35. The fraction of sp³-hybridized carbons (Fsp3) is 0.167. The minimum Gasteiger partial charge on any atom is -0.399 e. The molecule has 1 fully saturated rings. The summed E-state index contributed by atoms with van der Waals surface area (Å²) < 4.78 is 0. The van der Waals surface area contributed by atoms with Gasteiger partial charge in [-0.15, -0.1) is 6.42 Å². The Morgan fingerprint density at radius 1 is 1.44 bits per heavy atom. The van der Waals surface area contributed by atoms with Crippen molar-refractivity contribution in [2.75, 3.05) is 17.2 Å². The van der Waals surface area contributed by atoms with Crippen molar-refractivity contribution >= 4 is 23.3 Å². The molecule has 18 heavy (non-hydrogen) atoms. The Morgan fingerprint density at radius 2 is 2.17 bits per heavy atom. The van der Waals surface area contributed by atoms with Crippen molar-refractivity contribution in [2.24, 2.45) is 0 Å². The van der Waals surface area contributed by atoms with E-state index in [1.54, 1.807) is 18.2 Å². The van der Waals surface area contributed by atoms with E-state index in [1.807, 2.05) is 0 Å². The molecule has 3 N–H and O–H groups in total. The number of carbonyl (C=O) groups excluding carboxylic acids is 2. The van der Waals surface area contributed by atoms with Crippen molar-refractivity contribution in [3.63, 3.8) is 0 Å². The third kappa shape index (κ3) is 1.77. The van der Waals surface area contributed by atoms with E-state index in [4.69, 9.17) is 12.2 Å². The Labute approximate surface area is 104 Å². The number of nitrogen functional groups attached to an aromatic ring is 1. The van der Waals surface area contributed by atoms with Gasteiger partial charge in [-0.25, -0.2) is 9.69 Å². The fourth-order valence-electron chi connectivity index (χ4n) is 1.74. The number of hydrogen-bond acceptors (Lipinski definition) is 4. The topological polar surface area (TPSA) is 86.9 Å². The number of benzene rings is 1. The highest BCUT2D eigenvalue weighted by molar-refractivity contribution is 6.13. The lowest BCUT2D eigenvalue weighted by molar-refractivity contribution is -0.132. The molecule has 0 aliphatic carbocycles. The zero-order valence-electron chi connectivity index (χ0n) is 9.41. The number of rotatable bonds is 2. The van der Waals surface area contributed by atoms with Crippen LogP contribution in [0.3, 0.4) is 0 Å². The highest BCUT2D eigenvalue weighted by atomic mass is 16.3. The zero-order chi connectivity index (χ0) is 13.3. The first kappa shape index (κ1) is 12.0. The summed E-state index contributed by atoms with van der Waals surface area (Å²) in [6.45, 7) is -0.173. The van der Waals surface area contributed by atoms with Gasteiger partial charge in [-0.1, -0.05) is 12.0 Å². The summed E-state index contributed by atoms with van der Waals surface area (Å²) in [5.74, 6) is 1.46. The van der Waals surface area contributed by atoms with Crippen LogP contribution < -0.4 is 10.6 Å². The molecular weight excluding hydrogens is 234 g/mol. The molecule has 0 aromatic heterocycles. The number of imide groups is 1. The van der Waals surface area contributed by atoms with Crippen molar-refractivity contribution in [2.45, 2.75) is 6.23 Å². The first-order chi connectivity index (χ1) is 8.56. The van der Waals surface area contributed by atoms with Crippen LogP contribution in [-0.4, -0.2) is 34.7 Å². The lowest BCUT2D eigenvalue weighted by atomic mass is 10.2. The summed E-state index contributed by atoms with van der Waals surface area (Å²) >= 11 is 0. The van der Waals surface area contributed by atoms with Gasteiger partial charge in [-0.2, -0.15) is 0 Å². The predicted molar refractivity (Wildman–Crippen MR) is 65.3 cm³/mol. The average molecular weight is 245 g/mol. The Balaban J connectivity index is 2.38. The molecule has 1 heterocycles. The predicted octanol–water partition coefficient (Wildman–Crippen LogP) is -0.0110. The van der Waals surface area contributed by atoms with Crippen LogP contribution in [0, 0.1) is 12.3 Å². The Kier molecular flexibility index (Phi) is 2.92. The second-order valence-electron chi connectivity index (χ2n) is 3.75. The molecule has 6 nitrogen and oxygen atoms in total. The molecule has 3 amide bonds. The van der Waals surface area contributed by atoms with Gasteiger partial charge in [0.25, 0.3) is 5.91 Å². The van der Waals surface area contributed by atoms with E-state index < -0.39 is 18.2 Å². The highest BCUT2D eigenvalue weighted by Crippen LogP contribution is 2.25. The van der Waals surface area contributed by atoms with Crippen LogP contribution in [0.1, 0.15) is 0 Å².